The van der Waals surface area contributed by atoms with Crippen molar-refractivity contribution < 1.29 is 5.11 Å². The number of aliphatic hydroxyl groups excluding tert-OH is 1. The molecule has 0 bridgehead atoms. The molecule has 1 N–H and O–H groups in total. The second-order valence-corrected chi connectivity index (χ2v) is 5.14. The summed E-state index contributed by atoms with van der Waals surface area (Å²) in [5.74, 6) is 2.16. The highest BCUT2D eigenvalue weighted by molar-refractivity contribution is 7.98. The third kappa shape index (κ3) is 3.67. The fraction of sp³-hybridized carbons (Fsp3) is 0.667. The lowest BCUT2D eigenvalue weighted by molar-refractivity contribution is 0.203. The van der Waals surface area contributed by atoms with E-state index in [9.17, 15) is 5.11 Å². The molecule has 2 nitrogen and oxygen atoms in total. The van der Waals surface area contributed by atoms with Crippen LogP contribution in [0.15, 0.2) is 6.20 Å². The van der Waals surface area contributed by atoms with Crippen LogP contribution in [0.4, 0.5) is 0 Å². The van der Waals surface area contributed by atoms with Crippen LogP contribution in [0.2, 0.25) is 0 Å². The number of aromatic nitrogens is 1. The van der Waals surface area contributed by atoms with E-state index in [-0.39, 0.29) is 6.10 Å². The molecule has 0 aromatic carbocycles. The van der Waals surface area contributed by atoms with Crippen molar-refractivity contribution in [3.63, 3.8) is 0 Å². The molecule has 0 aliphatic heterocycles. The molecule has 0 aliphatic rings. The number of hydrogen-bond acceptors (Lipinski definition) is 4. The SMILES string of the molecule is CCCSCc1ncc(C(C)O)s1. The minimum atomic E-state index is -0.373. The molecule has 74 valence electrons. The van der Waals surface area contributed by atoms with Gasteiger partial charge in [0.2, 0.25) is 0 Å². The summed E-state index contributed by atoms with van der Waals surface area (Å²) in [5.41, 5.74) is 0. The van der Waals surface area contributed by atoms with E-state index < -0.39 is 0 Å². The zero-order valence-corrected chi connectivity index (χ0v) is 9.62. The van der Waals surface area contributed by atoms with Crippen LogP contribution in [-0.4, -0.2) is 15.8 Å². The fourth-order valence-electron chi connectivity index (χ4n) is 0.888. The predicted molar refractivity (Wildman–Crippen MR) is 59.2 cm³/mol. The highest BCUT2D eigenvalue weighted by atomic mass is 32.2. The summed E-state index contributed by atoms with van der Waals surface area (Å²) in [4.78, 5) is 5.21. The molecular formula is C9H15NOS2. The Hall–Kier alpha value is -0.0600. The van der Waals surface area contributed by atoms with Crippen LogP contribution in [0.5, 0.6) is 0 Å². The normalized spacial score (nSPS) is 13.2. The van der Waals surface area contributed by atoms with Gasteiger partial charge in [-0.15, -0.1) is 11.3 Å². The Morgan fingerprint density at radius 2 is 2.46 bits per heavy atom. The molecule has 0 saturated carbocycles. The predicted octanol–water partition coefficient (Wildman–Crippen LogP) is 2.84. The number of rotatable bonds is 5. The Labute approximate surface area is 87.4 Å². The quantitative estimate of drug-likeness (QED) is 0.770. The van der Waals surface area contributed by atoms with Gasteiger partial charge in [0.05, 0.1) is 11.0 Å². The highest BCUT2D eigenvalue weighted by Crippen LogP contribution is 2.23. The van der Waals surface area contributed by atoms with Crippen molar-refractivity contribution in [2.45, 2.75) is 32.1 Å². The molecule has 0 fully saturated rings. The van der Waals surface area contributed by atoms with Gasteiger partial charge in [0, 0.05) is 11.9 Å². The molecule has 1 heterocycles. The first-order valence-corrected chi connectivity index (χ1v) is 6.41. The van der Waals surface area contributed by atoms with Gasteiger partial charge in [-0.3, -0.25) is 0 Å². The number of hydrogen-bond donors (Lipinski definition) is 1. The van der Waals surface area contributed by atoms with Crippen molar-refractivity contribution in [3.8, 4) is 0 Å². The topological polar surface area (TPSA) is 33.1 Å². The van der Waals surface area contributed by atoms with Gasteiger partial charge >= 0.3 is 0 Å². The summed E-state index contributed by atoms with van der Waals surface area (Å²) in [5, 5.41) is 10.4. The molecule has 0 amide bonds. The van der Waals surface area contributed by atoms with Crippen LogP contribution in [0.1, 0.15) is 36.3 Å². The second-order valence-electron chi connectivity index (χ2n) is 2.88. The maximum Gasteiger partial charge on any atom is 0.103 e. The first kappa shape index (κ1) is 11.0. The molecule has 1 atom stereocenters. The van der Waals surface area contributed by atoms with Gasteiger partial charge < -0.3 is 5.11 Å². The van der Waals surface area contributed by atoms with E-state index in [1.165, 1.54) is 12.2 Å². The summed E-state index contributed by atoms with van der Waals surface area (Å²) in [6, 6.07) is 0. The molecule has 13 heavy (non-hydrogen) atoms. The van der Waals surface area contributed by atoms with Crippen molar-refractivity contribution in [2.24, 2.45) is 0 Å². The van der Waals surface area contributed by atoms with E-state index in [4.69, 9.17) is 0 Å². The van der Waals surface area contributed by atoms with Gasteiger partial charge in [0.1, 0.15) is 5.01 Å². The zero-order chi connectivity index (χ0) is 9.68. The minimum Gasteiger partial charge on any atom is -0.388 e. The third-order valence-corrected chi connectivity index (χ3v) is 4.08. The molecule has 0 radical (unpaired) electrons. The first-order valence-electron chi connectivity index (χ1n) is 4.44. The molecule has 0 saturated heterocycles. The highest BCUT2D eigenvalue weighted by Gasteiger charge is 2.05. The van der Waals surface area contributed by atoms with Crippen LogP contribution in [0.25, 0.3) is 0 Å². The first-order chi connectivity index (χ1) is 6.24. The van der Waals surface area contributed by atoms with Gasteiger partial charge in [-0.05, 0) is 19.1 Å². The number of thiazole rings is 1. The van der Waals surface area contributed by atoms with Gasteiger partial charge in [-0.1, -0.05) is 6.92 Å². The Bertz CT molecular complexity index is 248. The lowest BCUT2D eigenvalue weighted by atomic mass is 10.4. The second kappa shape index (κ2) is 5.62. The maximum absolute atomic E-state index is 9.27. The van der Waals surface area contributed by atoms with Crippen molar-refractivity contribution >= 4 is 23.1 Å². The average Bonchev–Trinajstić information content (AvgIpc) is 2.53. The number of nitrogens with zero attached hydrogens (tertiary/aromatic N) is 1. The summed E-state index contributed by atoms with van der Waals surface area (Å²) in [6.45, 7) is 3.95. The van der Waals surface area contributed by atoms with Crippen LogP contribution in [0.3, 0.4) is 0 Å². The van der Waals surface area contributed by atoms with Gasteiger partial charge in [-0.2, -0.15) is 11.8 Å². The minimum absolute atomic E-state index is 0.373. The smallest absolute Gasteiger partial charge is 0.103 e. The monoisotopic (exact) mass is 217 g/mol. The molecule has 4 heteroatoms. The van der Waals surface area contributed by atoms with Crippen molar-refractivity contribution in [1.29, 1.82) is 0 Å². The molecule has 1 unspecified atom stereocenters. The van der Waals surface area contributed by atoms with Crippen LogP contribution in [0, 0.1) is 0 Å². The Morgan fingerprint density at radius 3 is 3.00 bits per heavy atom. The van der Waals surface area contributed by atoms with Gasteiger partial charge in [0.25, 0.3) is 0 Å². The Balaban J connectivity index is 2.40. The van der Waals surface area contributed by atoms with E-state index >= 15 is 0 Å². The van der Waals surface area contributed by atoms with Gasteiger partial charge in [0.15, 0.2) is 0 Å². The molecular weight excluding hydrogens is 202 g/mol. The van der Waals surface area contributed by atoms with E-state index in [2.05, 4.69) is 11.9 Å². The molecule has 1 aromatic rings. The van der Waals surface area contributed by atoms with Crippen molar-refractivity contribution in [3.05, 3.63) is 16.1 Å². The summed E-state index contributed by atoms with van der Waals surface area (Å²) >= 11 is 3.51. The zero-order valence-electron chi connectivity index (χ0n) is 7.99. The van der Waals surface area contributed by atoms with Crippen LogP contribution >= 0.6 is 23.1 Å². The molecule has 1 rings (SSSR count). The van der Waals surface area contributed by atoms with E-state index in [0.29, 0.717) is 0 Å². The Morgan fingerprint density at radius 1 is 1.69 bits per heavy atom. The van der Waals surface area contributed by atoms with Crippen LogP contribution < -0.4 is 0 Å². The lowest BCUT2D eigenvalue weighted by Crippen LogP contribution is -1.83. The van der Waals surface area contributed by atoms with Crippen molar-refractivity contribution in [2.75, 3.05) is 5.75 Å². The molecule has 1 aromatic heterocycles. The lowest BCUT2D eigenvalue weighted by Gasteiger charge is -1.96. The number of aliphatic hydroxyl groups is 1. The average molecular weight is 217 g/mol. The molecule has 0 aliphatic carbocycles. The van der Waals surface area contributed by atoms with E-state index in [1.807, 2.05) is 11.8 Å². The standard InChI is InChI=1S/C9H15NOS2/c1-3-4-12-6-9-10-5-8(13-9)7(2)11/h5,7,11H,3-4,6H2,1-2H3. The van der Waals surface area contributed by atoms with Gasteiger partial charge in [-0.25, -0.2) is 4.98 Å². The Kier molecular flexibility index (Phi) is 4.77. The van der Waals surface area contributed by atoms with Crippen molar-refractivity contribution in [1.82, 2.24) is 4.98 Å². The third-order valence-electron chi connectivity index (χ3n) is 1.56. The summed E-state index contributed by atoms with van der Waals surface area (Å²) in [7, 11) is 0. The summed E-state index contributed by atoms with van der Waals surface area (Å²) in [6.07, 6.45) is 2.61. The fourth-order valence-corrected chi connectivity index (χ4v) is 2.71. The summed E-state index contributed by atoms with van der Waals surface area (Å²) < 4.78 is 0. The molecule has 0 spiro atoms. The largest absolute Gasteiger partial charge is 0.388 e. The van der Waals surface area contributed by atoms with Crippen LogP contribution in [-0.2, 0) is 5.75 Å². The van der Waals surface area contributed by atoms with E-state index in [1.54, 1.807) is 24.5 Å². The van der Waals surface area contributed by atoms with E-state index in [0.717, 1.165) is 15.6 Å². The number of thioether (sulfide) groups is 1. The maximum atomic E-state index is 9.27.